The minimum Gasteiger partial charge on any atom is -0.458 e. The highest BCUT2D eigenvalue weighted by molar-refractivity contribution is 6.35. The van der Waals surface area contributed by atoms with Crippen LogP contribution in [0.3, 0.4) is 0 Å². The lowest BCUT2D eigenvalue weighted by Crippen LogP contribution is -2.16. The first kappa shape index (κ1) is 13.4. The number of hydrogen-bond acceptors (Lipinski definition) is 2. The van der Waals surface area contributed by atoms with Crippen molar-refractivity contribution in [1.82, 2.24) is 5.32 Å². The van der Waals surface area contributed by atoms with Crippen molar-refractivity contribution < 1.29 is 8.81 Å². The van der Waals surface area contributed by atoms with Crippen LogP contribution in [-0.2, 0) is 12.0 Å². The average Bonchev–Trinajstić information content (AvgIpc) is 2.56. The fourth-order valence-electron chi connectivity index (χ4n) is 2.28. The summed E-state index contributed by atoms with van der Waals surface area (Å²) >= 11 is 6.04. The molecule has 2 nitrogen and oxygen atoms in total. The third kappa shape index (κ3) is 2.25. The summed E-state index contributed by atoms with van der Waals surface area (Å²) in [5, 5.41) is 4.14. The summed E-state index contributed by atoms with van der Waals surface area (Å²) in [5.41, 5.74) is 1.44. The molecule has 0 unspecified atom stereocenters. The Balaban J connectivity index is 2.81. The van der Waals surface area contributed by atoms with Gasteiger partial charge in [-0.15, -0.1) is 0 Å². The van der Waals surface area contributed by atoms with Gasteiger partial charge >= 0.3 is 0 Å². The Morgan fingerprint density at radius 1 is 1.33 bits per heavy atom. The maximum absolute atomic E-state index is 13.5. The van der Waals surface area contributed by atoms with Crippen LogP contribution in [-0.4, -0.2) is 7.05 Å². The molecule has 0 atom stereocenters. The minimum absolute atomic E-state index is 0.130. The molecule has 1 heterocycles. The Hall–Kier alpha value is -1.06. The molecule has 1 aromatic heterocycles. The Morgan fingerprint density at radius 3 is 2.56 bits per heavy atom. The molecule has 0 radical (unpaired) electrons. The zero-order chi connectivity index (χ0) is 13.5. The van der Waals surface area contributed by atoms with Crippen molar-refractivity contribution in [3.63, 3.8) is 0 Å². The summed E-state index contributed by atoms with van der Waals surface area (Å²) in [6, 6.07) is 2.77. The van der Waals surface area contributed by atoms with Gasteiger partial charge in [-0.3, -0.25) is 0 Å². The SMILES string of the molecule is CNCc1oc2c(Cl)cc(F)cc2c1C(C)(C)C. The molecule has 0 saturated heterocycles. The van der Waals surface area contributed by atoms with Gasteiger partial charge in [0, 0.05) is 10.9 Å². The Labute approximate surface area is 111 Å². The van der Waals surface area contributed by atoms with E-state index in [4.69, 9.17) is 16.0 Å². The van der Waals surface area contributed by atoms with E-state index in [1.165, 1.54) is 12.1 Å². The van der Waals surface area contributed by atoms with E-state index in [1.807, 2.05) is 7.05 Å². The summed E-state index contributed by atoms with van der Waals surface area (Å²) in [5.74, 6) is 0.474. The van der Waals surface area contributed by atoms with Crippen LogP contribution in [0.25, 0.3) is 11.0 Å². The van der Waals surface area contributed by atoms with E-state index in [-0.39, 0.29) is 11.2 Å². The lowest BCUT2D eigenvalue weighted by molar-refractivity contribution is 0.495. The van der Waals surface area contributed by atoms with Crippen molar-refractivity contribution >= 4 is 22.6 Å². The van der Waals surface area contributed by atoms with Crippen LogP contribution < -0.4 is 5.32 Å². The number of rotatable bonds is 2. The number of hydrogen-bond donors (Lipinski definition) is 1. The van der Waals surface area contributed by atoms with Crippen LogP contribution in [0.1, 0.15) is 32.1 Å². The van der Waals surface area contributed by atoms with Gasteiger partial charge in [-0.2, -0.15) is 0 Å². The number of nitrogens with one attached hydrogen (secondary N) is 1. The van der Waals surface area contributed by atoms with E-state index < -0.39 is 0 Å². The first-order chi connectivity index (χ1) is 8.34. The molecule has 0 aliphatic carbocycles. The molecular weight excluding hydrogens is 253 g/mol. The molecule has 0 saturated carbocycles. The van der Waals surface area contributed by atoms with E-state index in [1.54, 1.807) is 0 Å². The van der Waals surface area contributed by atoms with Gasteiger partial charge in [-0.1, -0.05) is 32.4 Å². The summed E-state index contributed by atoms with van der Waals surface area (Å²) in [6.45, 7) is 6.83. The highest BCUT2D eigenvalue weighted by Crippen LogP contribution is 2.38. The predicted molar refractivity (Wildman–Crippen MR) is 72.6 cm³/mol. The largest absolute Gasteiger partial charge is 0.458 e. The van der Waals surface area contributed by atoms with Crippen LogP contribution in [0, 0.1) is 5.82 Å². The quantitative estimate of drug-likeness (QED) is 0.882. The number of halogens is 2. The van der Waals surface area contributed by atoms with E-state index >= 15 is 0 Å². The van der Waals surface area contributed by atoms with Gasteiger partial charge in [0.1, 0.15) is 11.6 Å². The lowest BCUT2D eigenvalue weighted by atomic mass is 9.84. The standard InChI is InChI=1S/C14H17ClFNO/c1-14(2,3)12-9-5-8(16)6-10(15)13(9)18-11(12)7-17-4/h5-6,17H,7H2,1-4H3. The molecule has 0 bridgehead atoms. The molecule has 4 heteroatoms. The van der Waals surface area contributed by atoms with Gasteiger partial charge in [0.2, 0.25) is 0 Å². The smallest absolute Gasteiger partial charge is 0.153 e. The van der Waals surface area contributed by atoms with Crippen molar-refractivity contribution in [3.8, 4) is 0 Å². The van der Waals surface area contributed by atoms with Crippen molar-refractivity contribution in [2.75, 3.05) is 7.05 Å². The van der Waals surface area contributed by atoms with Crippen LogP contribution in [0.4, 0.5) is 4.39 Å². The Morgan fingerprint density at radius 2 is 2.00 bits per heavy atom. The summed E-state index contributed by atoms with van der Waals surface area (Å²) in [7, 11) is 1.85. The Kier molecular flexibility index (Phi) is 3.39. The summed E-state index contributed by atoms with van der Waals surface area (Å²) in [4.78, 5) is 0. The molecule has 0 aliphatic rings. The molecule has 0 spiro atoms. The molecular formula is C14H17ClFNO. The van der Waals surface area contributed by atoms with Gasteiger partial charge in [0.05, 0.1) is 11.6 Å². The summed E-state index contributed by atoms with van der Waals surface area (Å²) in [6.07, 6.45) is 0. The molecule has 2 rings (SSSR count). The topological polar surface area (TPSA) is 25.2 Å². The zero-order valence-electron chi connectivity index (χ0n) is 11.0. The first-order valence-electron chi connectivity index (χ1n) is 5.90. The predicted octanol–water partition coefficient (Wildman–Crippen LogP) is 4.24. The summed E-state index contributed by atoms with van der Waals surface area (Å²) < 4.78 is 19.3. The fraction of sp³-hybridized carbons (Fsp3) is 0.429. The average molecular weight is 270 g/mol. The minimum atomic E-state index is -0.338. The van der Waals surface area contributed by atoms with Crippen LogP contribution >= 0.6 is 11.6 Å². The van der Waals surface area contributed by atoms with Crippen LogP contribution in [0.2, 0.25) is 5.02 Å². The maximum Gasteiger partial charge on any atom is 0.153 e. The van der Waals surface area contributed by atoms with E-state index in [0.29, 0.717) is 17.2 Å². The molecule has 1 aromatic carbocycles. The second-order valence-electron chi connectivity index (χ2n) is 5.44. The van der Waals surface area contributed by atoms with E-state index in [0.717, 1.165) is 16.7 Å². The first-order valence-corrected chi connectivity index (χ1v) is 6.28. The monoisotopic (exact) mass is 269 g/mol. The molecule has 18 heavy (non-hydrogen) atoms. The Bertz CT molecular complexity index is 583. The second kappa shape index (κ2) is 4.56. The van der Waals surface area contributed by atoms with Gasteiger partial charge in [-0.05, 0) is 24.6 Å². The third-order valence-corrected chi connectivity index (χ3v) is 3.15. The second-order valence-corrected chi connectivity index (χ2v) is 5.85. The maximum atomic E-state index is 13.5. The van der Waals surface area contributed by atoms with Gasteiger partial charge in [0.25, 0.3) is 0 Å². The van der Waals surface area contributed by atoms with E-state index in [9.17, 15) is 4.39 Å². The van der Waals surface area contributed by atoms with Gasteiger partial charge < -0.3 is 9.73 Å². The molecule has 98 valence electrons. The highest BCUT2D eigenvalue weighted by Gasteiger charge is 2.26. The van der Waals surface area contributed by atoms with Gasteiger partial charge in [0.15, 0.2) is 5.58 Å². The molecule has 0 amide bonds. The van der Waals surface area contributed by atoms with Crippen molar-refractivity contribution in [2.45, 2.75) is 32.7 Å². The fourth-order valence-corrected chi connectivity index (χ4v) is 2.53. The van der Waals surface area contributed by atoms with Crippen molar-refractivity contribution in [1.29, 1.82) is 0 Å². The van der Waals surface area contributed by atoms with E-state index in [2.05, 4.69) is 26.1 Å². The molecule has 0 aliphatic heterocycles. The highest BCUT2D eigenvalue weighted by atomic mass is 35.5. The normalized spacial score (nSPS) is 12.3. The van der Waals surface area contributed by atoms with Crippen LogP contribution in [0.5, 0.6) is 0 Å². The lowest BCUT2D eigenvalue weighted by Gasteiger charge is -2.19. The van der Waals surface area contributed by atoms with Crippen molar-refractivity contribution in [2.24, 2.45) is 0 Å². The van der Waals surface area contributed by atoms with Gasteiger partial charge in [-0.25, -0.2) is 4.39 Å². The number of furan rings is 1. The molecule has 0 fully saturated rings. The number of benzene rings is 1. The molecule has 1 N–H and O–H groups in total. The number of fused-ring (bicyclic) bond motifs is 1. The molecule has 2 aromatic rings. The van der Waals surface area contributed by atoms with Crippen molar-refractivity contribution in [3.05, 3.63) is 34.3 Å². The third-order valence-electron chi connectivity index (χ3n) is 2.87. The zero-order valence-corrected chi connectivity index (χ0v) is 11.8. The van der Waals surface area contributed by atoms with Crippen LogP contribution in [0.15, 0.2) is 16.5 Å².